The predicted octanol–water partition coefficient (Wildman–Crippen LogP) is 3.26. The number of nitro groups is 2. The molecule has 0 unspecified atom stereocenters. The smallest absolute Gasteiger partial charge is 0.268 e. The van der Waals surface area contributed by atoms with Crippen molar-refractivity contribution in [3.8, 4) is 17.2 Å². The molecule has 142 valence electrons. The summed E-state index contributed by atoms with van der Waals surface area (Å²) in [5.41, 5.74) is -0.713. The van der Waals surface area contributed by atoms with Gasteiger partial charge < -0.3 is 0 Å². The number of benzene rings is 2. The van der Waals surface area contributed by atoms with Crippen molar-refractivity contribution in [1.29, 1.82) is 0 Å². The Morgan fingerprint density at radius 2 is 1.69 bits per heavy atom. The molecule has 2 heterocycles. The highest BCUT2D eigenvalue weighted by atomic mass is 16.6. The zero-order chi connectivity index (χ0) is 20.5. The van der Waals surface area contributed by atoms with Gasteiger partial charge in [0.25, 0.3) is 16.9 Å². The van der Waals surface area contributed by atoms with Crippen molar-refractivity contribution in [2.75, 3.05) is 0 Å². The highest BCUT2D eigenvalue weighted by Crippen LogP contribution is 2.27. The standard InChI is InChI=1S/C19H11N5O5/c25-19-14-7-4-9-16(24(28)29)17(14)21-18(15-8-1-2-10-20-15)22(19)12-5-3-6-13(11-12)23(26)27/h1-11H. The molecule has 0 saturated carbocycles. The molecule has 0 aliphatic rings. The Hall–Kier alpha value is -4.47. The Balaban J connectivity index is 2.15. The molecule has 4 aromatic rings. The van der Waals surface area contributed by atoms with Crippen molar-refractivity contribution in [3.05, 3.63) is 97.4 Å². The first kappa shape index (κ1) is 17.9. The van der Waals surface area contributed by atoms with Gasteiger partial charge in [0.15, 0.2) is 11.3 Å². The number of rotatable bonds is 4. The zero-order valence-corrected chi connectivity index (χ0v) is 14.6. The van der Waals surface area contributed by atoms with E-state index in [1.54, 1.807) is 18.2 Å². The second-order valence-corrected chi connectivity index (χ2v) is 6.00. The summed E-state index contributed by atoms with van der Waals surface area (Å²) >= 11 is 0. The van der Waals surface area contributed by atoms with Gasteiger partial charge in [0, 0.05) is 24.4 Å². The molecule has 29 heavy (non-hydrogen) atoms. The monoisotopic (exact) mass is 389 g/mol. The Kier molecular flexibility index (Phi) is 4.28. The van der Waals surface area contributed by atoms with Crippen molar-refractivity contribution >= 4 is 22.3 Å². The zero-order valence-electron chi connectivity index (χ0n) is 14.6. The van der Waals surface area contributed by atoms with Gasteiger partial charge in [-0.3, -0.25) is 34.6 Å². The van der Waals surface area contributed by atoms with Gasteiger partial charge >= 0.3 is 0 Å². The van der Waals surface area contributed by atoms with Crippen molar-refractivity contribution in [2.45, 2.75) is 0 Å². The van der Waals surface area contributed by atoms with Gasteiger partial charge in [-0.15, -0.1) is 0 Å². The lowest BCUT2D eigenvalue weighted by Crippen LogP contribution is -2.22. The van der Waals surface area contributed by atoms with Crippen LogP contribution in [0.25, 0.3) is 28.1 Å². The van der Waals surface area contributed by atoms with Crippen molar-refractivity contribution in [2.24, 2.45) is 0 Å². The molecule has 0 fully saturated rings. The third kappa shape index (κ3) is 3.08. The van der Waals surface area contributed by atoms with Crippen molar-refractivity contribution < 1.29 is 9.85 Å². The first-order valence-electron chi connectivity index (χ1n) is 8.34. The highest BCUT2D eigenvalue weighted by molar-refractivity contribution is 5.88. The van der Waals surface area contributed by atoms with E-state index in [9.17, 15) is 25.0 Å². The third-order valence-electron chi connectivity index (χ3n) is 4.27. The molecule has 0 bridgehead atoms. The van der Waals surface area contributed by atoms with Crippen LogP contribution < -0.4 is 5.56 Å². The number of para-hydroxylation sites is 1. The van der Waals surface area contributed by atoms with E-state index in [4.69, 9.17) is 0 Å². The summed E-state index contributed by atoms with van der Waals surface area (Å²) in [6, 6.07) is 14.5. The SMILES string of the molecule is O=c1c2cccc([N+](=O)[O-])c2nc(-c2ccccn2)n1-c1cccc([N+](=O)[O-])c1. The molecule has 10 nitrogen and oxygen atoms in total. The van der Waals surface area contributed by atoms with Gasteiger partial charge in [0.1, 0.15) is 5.69 Å². The van der Waals surface area contributed by atoms with E-state index in [0.29, 0.717) is 0 Å². The number of nitro benzene ring substituents is 2. The number of pyridine rings is 1. The topological polar surface area (TPSA) is 134 Å². The average Bonchev–Trinajstić information content (AvgIpc) is 2.73. The van der Waals surface area contributed by atoms with E-state index >= 15 is 0 Å². The van der Waals surface area contributed by atoms with Gasteiger partial charge in [-0.1, -0.05) is 18.2 Å². The lowest BCUT2D eigenvalue weighted by molar-refractivity contribution is -0.384. The second-order valence-electron chi connectivity index (χ2n) is 6.00. The van der Waals surface area contributed by atoms with Crippen LogP contribution in [0.4, 0.5) is 11.4 Å². The largest absolute Gasteiger partial charge is 0.295 e. The van der Waals surface area contributed by atoms with Gasteiger partial charge in [0.05, 0.1) is 20.9 Å². The predicted molar refractivity (Wildman–Crippen MR) is 104 cm³/mol. The molecule has 0 atom stereocenters. The summed E-state index contributed by atoms with van der Waals surface area (Å²) in [7, 11) is 0. The molecule has 4 rings (SSSR count). The summed E-state index contributed by atoms with van der Waals surface area (Å²) in [6.45, 7) is 0. The van der Waals surface area contributed by atoms with Gasteiger partial charge in [-0.25, -0.2) is 4.98 Å². The fraction of sp³-hybridized carbons (Fsp3) is 0. The van der Waals surface area contributed by atoms with E-state index in [0.717, 1.165) is 0 Å². The minimum Gasteiger partial charge on any atom is -0.268 e. The van der Waals surface area contributed by atoms with Gasteiger partial charge in [-0.05, 0) is 24.3 Å². The van der Waals surface area contributed by atoms with Crippen LogP contribution in [0.5, 0.6) is 0 Å². The molecular formula is C19H11N5O5. The minimum atomic E-state index is -0.616. The summed E-state index contributed by atoms with van der Waals surface area (Å²) in [6.07, 6.45) is 1.49. The molecule has 2 aromatic carbocycles. The van der Waals surface area contributed by atoms with Gasteiger partial charge in [-0.2, -0.15) is 0 Å². The number of hydrogen-bond acceptors (Lipinski definition) is 7. The van der Waals surface area contributed by atoms with Crippen LogP contribution in [-0.2, 0) is 0 Å². The first-order valence-corrected chi connectivity index (χ1v) is 8.34. The number of hydrogen-bond donors (Lipinski definition) is 0. The fourth-order valence-electron chi connectivity index (χ4n) is 2.99. The highest BCUT2D eigenvalue weighted by Gasteiger charge is 2.22. The van der Waals surface area contributed by atoms with Crippen molar-refractivity contribution in [1.82, 2.24) is 14.5 Å². The first-order chi connectivity index (χ1) is 14.0. The molecule has 10 heteroatoms. The quantitative estimate of drug-likeness (QED) is 0.386. The normalized spacial score (nSPS) is 10.8. The Bertz CT molecular complexity index is 1330. The molecule has 0 spiro atoms. The summed E-state index contributed by atoms with van der Waals surface area (Å²) in [5, 5.41) is 22.6. The number of non-ortho nitro benzene ring substituents is 2. The average molecular weight is 389 g/mol. The van der Waals surface area contributed by atoms with Crippen molar-refractivity contribution in [3.63, 3.8) is 0 Å². The summed E-state index contributed by atoms with van der Waals surface area (Å²) < 4.78 is 1.17. The van der Waals surface area contributed by atoms with Crippen LogP contribution in [-0.4, -0.2) is 24.4 Å². The van der Waals surface area contributed by atoms with E-state index in [-0.39, 0.29) is 39.5 Å². The van der Waals surface area contributed by atoms with Crippen LogP contribution in [0.2, 0.25) is 0 Å². The van der Waals surface area contributed by atoms with Crippen LogP contribution >= 0.6 is 0 Å². The molecule has 0 radical (unpaired) electrons. The van der Waals surface area contributed by atoms with Crippen LogP contribution in [0.15, 0.2) is 71.7 Å². The third-order valence-corrected chi connectivity index (χ3v) is 4.27. The summed E-state index contributed by atoms with van der Waals surface area (Å²) in [5.74, 6) is 0.0397. The van der Waals surface area contributed by atoms with E-state index in [2.05, 4.69) is 9.97 Å². The maximum absolute atomic E-state index is 13.3. The molecule has 0 aliphatic carbocycles. The van der Waals surface area contributed by atoms with E-state index < -0.39 is 15.4 Å². The molecule has 0 saturated heterocycles. The Morgan fingerprint density at radius 3 is 2.38 bits per heavy atom. The maximum atomic E-state index is 13.3. The Labute approximate surface area is 162 Å². The van der Waals surface area contributed by atoms with E-state index in [1.807, 2.05) is 0 Å². The lowest BCUT2D eigenvalue weighted by Gasteiger charge is -2.13. The van der Waals surface area contributed by atoms with E-state index in [1.165, 1.54) is 53.2 Å². The van der Waals surface area contributed by atoms with Crippen LogP contribution in [0.3, 0.4) is 0 Å². The molecule has 0 N–H and O–H groups in total. The Morgan fingerprint density at radius 1 is 0.897 bits per heavy atom. The van der Waals surface area contributed by atoms with Crippen LogP contribution in [0, 0.1) is 20.2 Å². The van der Waals surface area contributed by atoms with Crippen LogP contribution in [0.1, 0.15) is 0 Å². The maximum Gasteiger partial charge on any atom is 0.295 e. The fourth-order valence-corrected chi connectivity index (χ4v) is 2.99. The van der Waals surface area contributed by atoms with Gasteiger partial charge in [0.2, 0.25) is 0 Å². The molecule has 2 aromatic heterocycles. The number of aromatic nitrogens is 3. The second kappa shape index (κ2) is 6.93. The molecule has 0 aliphatic heterocycles. The lowest BCUT2D eigenvalue weighted by atomic mass is 10.2. The number of fused-ring (bicyclic) bond motifs is 1. The summed E-state index contributed by atoms with van der Waals surface area (Å²) in [4.78, 5) is 43.2. The minimum absolute atomic E-state index is 0.0189. The number of nitrogens with zero attached hydrogens (tertiary/aromatic N) is 5. The molecule has 0 amide bonds. The molecular weight excluding hydrogens is 378 g/mol.